The minimum Gasteiger partial charge on any atom is -0.388 e. The number of hydrogen-bond acceptors (Lipinski definition) is 4. The summed E-state index contributed by atoms with van der Waals surface area (Å²) in [6, 6.07) is 6.53. The average Bonchev–Trinajstić information content (AvgIpc) is 3.14. The van der Waals surface area contributed by atoms with E-state index in [9.17, 15) is 19.1 Å². The van der Waals surface area contributed by atoms with E-state index in [4.69, 9.17) is 11.6 Å². The van der Waals surface area contributed by atoms with Crippen molar-refractivity contribution in [3.63, 3.8) is 0 Å². The highest BCUT2D eigenvalue weighted by molar-refractivity contribution is 6.32. The van der Waals surface area contributed by atoms with Gasteiger partial charge >= 0.3 is 5.69 Å². The van der Waals surface area contributed by atoms with Crippen molar-refractivity contribution in [2.45, 2.75) is 46.3 Å². The second-order valence-corrected chi connectivity index (χ2v) is 8.41. The Kier molecular flexibility index (Phi) is 6.42. The van der Waals surface area contributed by atoms with Crippen LogP contribution in [0.1, 0.15) is 44.5 Å². The van der Waals surface area contributed by atoms with E-state index < -0.39 is 29.5 Å². The molecule has 0 radical (unpaired) electrons. The van der Waals surface area contributed by atoms with Gasteiger partial charge in [-0.1, -0.05) is 31.5 Å². The number of benzene rings is 2. The van der Waals surface area contributed by atoms with Crippen molar-refractivity contribution in [1.29, 1.82) is 0 Å². The standard InChI is InChI=1S/C24H23ClF2N4O3/c1-4-13(3)16-11-30(22-17(25)7-6-8-18(22)26)23(33)15-9-19(27)20(10-14(15)16)31-24(34)29(5-2)21(12-32)28-31/h6-11,13,32H,4-5,12H2,1-3H3/t13-/m1/s1. The third kappa shape index (κ3) is 3.74. The fraction of sp³-hybridized carbons (Fsp3) is 0.292. The van der Waals surface area contributed by atoms with Crippen LogP contribution in [-0.2, 0) is 13.2 Å². The molecule has 0 fully saturated rings. The molecular formula is C24H23ClF2N4O3. The first-order valence-electron chi connectivity index (χ1n) is 10.9. The van der Waals surface area contributed by atoms with E-state index in [1.54, 1.807) is 6.92 Å². The van der Waals surface area contributed by atoms with Crippen molar-refractivity contribution in [2.75, 3.05) is 0 Å². The highest BCUT2D eigenvalue weighted by Crippen LogP contribution is 2.31. The number of halogens is 3. The molecule has 1 atom stereocenters. The Morgan fingerprint density at radius 2 is 1.85 bits per heavy atom. The number of pyridine rings is 1. The number of aromatic nitrogens is 4. The highest BCUT2D eigenvalue weighted by atomic mass is 35.5. The SMILES string of the molecule is CC[C@@H](C)c1cn(-c2c(F)cccc2Cl)c(=O)c2cc(F)c(-n3nc(CO)n(CC)c3=O)cc12. The van der Waals surface area contributed by atoms with Crippen molar-refractivity contribution in [3.05, 3.63) is 85.4 Å². The van der Waals surface area contributed by atoms with Crippen LogP contribution in [0.25, 0.3) is 22.1 Å². The summed E-state index contributed by atoms with van der Waals surface area (Å²) in [7, 11) is 0. The van der Waals surface area contributed by atoms with Gasteiger partial charge in [-0.2, -0.15) is 4.68 Å². The molecule has 0 aliphatic rings. The van der Waals surface area contributed by atoms with E-state index in [1.165, 1.54) is 35.0 Å². The smallest absolute Gasteiger partial charge is 0.350 e. The fourth-order valence-electron chi connectivity index (χ4n) is 4.06. The summed E-state index contributed by atoms with van der Waals surface area (Å²) in [5, 5.41) is 14.1. The van der Waals surface area contributed by atoms with Crippen LogP contribution in [0.3, 0.4) is 0 Å². The summed E-state index contributed by atoms with van der Waals surface area (Å²) in [6.07, 6.45) is 2.20. The third-order valence-corrected chi connectivity index (χ3v) is 6.37. The predicted molar refractivity (Wildman–Crippen MR) is 126 cm³/mol. The molecule has 10 heteroatoms. The van der Waals surface area contributed by atoms with E-state index >= 15 is 4.39 Å². The summed E-state index contributed by atoms with van der Waals surface area (Å²) in [4.78, 5) is 26.2. The first-order chi connectivity index (χ1) is 16.2. The predicted octanol–water partition coefficient (Wildman–Crippen LogP) is 4.30. The molecule has 2 aromatic carbocycles. The number of hydrogen-bond donors (Lipinski definition) is 1. The van der Waals surface area contributed by atoms with Gasteiger partial charge in [0.25, 0.3) is 5.56 Å². The number of rotatable bonds is 6. The molecule has 2 heterocycles. The number of fused-ring (bicyclic) bond motifs is 1. The van der Waals surface area contributed by atoms with E-state index in [0.717, 1.165) is 15.3 Å². The molecule has 0 amide bonds. The Bertz CT molecular complexity index is 1500. The zero-order chi connectivity index (χ0) is 24.7. The molecule has 0 bridgehead atoms. The van der Waals surface area contributed by atoms with Gasteiger partial charge in [-0.05, 0) is 54.5 Å². The molecule has 1 N–H and O–H groups in total. The van der Waals surface area contributed by atoms with E-state index in [2.05, 4.69) is 5.10 Å². The molecule has 2 aromatic heterocycles. The van der Waals surface area contributed by atoms with Gasteiger partial charge in [0.1, 0.15) is 29.6 Å². The number of aliphatic hydroxyl groups excluding tert-OH is 1. The number of nitrogens with zero attached hydrogens (tertiary/aromatic N) is 4. The Morgan fingerprint density at radius 3 is 2.44 bits per heavy atom. The highest BCUT2D eigenvalue weighted by Gasteiger charge is 2.22. The molecular weight excluding hydrogens is 466 g/mol. The second-order valence-electron chi connectivity index (χ2n) is 8.00. The lowest BCUT2D eigenvalue weighted by molar-refractivity contribution is 0.264. The maximum absolute atomic E-state index is 15.3. The van der Waals surface area contributed by atoms with E-state index in [1.807, 2.05) is 13.8 Å². The zero-order valence-electron chi connectivity index (χ0n) is 18.8. The minimum absolute atomic E-state index is 0.0173. The van der Waals surface area contributed by atoms with Crippen molar-refractivity contribution in [2.24, 2.45) is 0 Å². The van der Waals surface area contributed by atoms with Crippen LogP contribution >= 0.6 is 11.6 Å². The fourth-order valence-corrected chi connectivity index (χ4v) is 4.32. The largest absolute Gasteiger partial charge is 0.388 e. The van der Waals surface area contributed by atoms with Crippen LogP contribution in [0, 0.1) is 11.6 Å². The van der Waals surface area contributed by atoms with Crippen molar-refractivity contribution in [1.82, 2.24) is 18.9 Å². The van der Waals surface area contributed by atoms with Gasteiger partial charge in [0, 0.05) is 12.7 Å². The third-order valence-electron chi connectivity index (χ3n) is 6.06. The van der Waals surface area contributed by atoms with Crippen LogP contribution in [0.5, 0.6) is 0 Å². The van der Waals surface area contributed by atoms with E-state index in [-0.39, 0.29) is 40.1 Å². The summed E-state index contributed by atoms with van der Waals surface area (Å²) in [5.41, 5.74) is -0.869. The summed E-state index contributed by atoms with van der Waals surface area (Å²) in [5.74, 6) is -1.53. The maximum Gasteiger partial charge on any atom is 0.350 e. The van der Waals surface area contributed by atoms with Gasteiger partial charge in [0.15, 0.2) is 5.82 Å². The van der Waals surface area contributed by atoms with Crippen LogP contribution < -0.4 is 11.2 Å². The molecule has 0 spiro atoms. The molecule has 0 aliphatic heterocycles. The molecule has 0 saturated heterocycles. The number of aliphatic hydroxyl groups is 1. The molecule has 178 valence electrons. The lowest BCUT2D eigenvalue weighted by atomic mass is 9.94. The molecule has 0 saturated carbocycles. The van der Waals surface area contributed by atoms with Gasteiger partial charge in [-0.25, -0.2) is 13.6 Å². The molecule has 7 nitrogen and oxygen atoms in total. The monoisotopic (exact) mass is 488 g/mol. The summed E-state index contributed by atoms with van der Waals surface area (Å²) < 4.78 is 33.2. The van der Waals surface area contributed by atoms with Crippen LogP contribution in [-0.4, -0.2) is 24.0 Å². The average molecular weight is 489 g/mol. The molecule has 0 unspecified atom stereocenters. The Labute approximate surface area is 198 Å². The lowest BCUT2D eigenvalue weighted by Gasteiger charge is -2.18. The second kappa shape index (κ2) is 9.15. The normalized spacial score (nSPS) is 12.4. The quantitative estimate of drug-likeness (QED) is 0.439. The molecule has 4 aromatic rings. The lowest BCUT2D eigenvalue weighted by Crippen LogP contribution is -2.25. The van der Waals surface area contributed by atoms with Crippen LogP contribution in [0.15, 0.2) is 46.1 Å². The summed E-state index contributed by atoms with van der Waals surface area (Å²) >= 11 is 6.21. The number of para-hydroxylation sites is 1. The van der Waals surface area contributed by atoms with Gasteiger partial charge in [-0.3, -0.25) is 13.9 Å². The molecule has 4 rings (SSSR count). The maximum atomic E-state index is 15.3. The van der Waals surface area contributed by atoms with Crippen molar-refractivity contribution >= 4 is 22.4 Å². The van der Waals surface area contributed by atoms with Crippen LogP contribution in [0.4, 0.5) is 8.78 Å². The van der Waals surface area contributed by atoms with Crippen molar-refractivity contribution in [3.8, 4) is 11.4 Å². The van der Waals surface area contributed by atoms with Crippen molar-refractivity contribution < 1.29 is 13.9 Å². The van der Waals surface area contributed by atoms with Gasteiger partial charge in [0.05, 0.1) is 10.4 Å². The zero-order valence-corrected chi connectivity index (χ0v) is 19.6. The van der Waals surface area contributed by atoms with Gasteiger partial charge in [0.2, 0.25) is 0 Å². The Hall–Kier alpha value is -3.30. The topological polar surface area (TPSA) is 82.0 Å². The van der Waals surface area contributed by atoms with Crippen LogP contribution in [0.2, 0.25) is 5.02 Å². The first kappa shape index (κ1) is 23.8. The molecule has 0 aliphatic carbocycles. The Balaban J connectivity index is 2.09. The summed E-state index contributed by atoms with van der Waals surface area (Å²) in [6.45, 7) is 5.35. The minimum atomic E-state index is -0.857. The first-order valence-corrected chi connectivity index (χ1v) is 11.2. The van der Waals surface area contributed by atoms with Gasteiger partial charge in [-0.15, -0.1) is 5.10 Å². The Morgan fingerprint density at radius 1 is 1.12 bits per heavy atom. The van der Waals surface area contributed by atoms with E-state index in [0.29, 0.717) is 17.4 Å². The van der Waals surface area contributed by atoms with Gasteiger partial charge < -0.3 is 5.11 Å². The molecule has 34 heavy (non-hydrogen) atoms.